The first-order valence-electron chi connectivity index (χ1n) is 6.96. The van der Waals surface area contributed by atoms with Crippen molar-refractivity contribution in [3.05, 3.63) is 58.0 Å². The maximum atomic E-state index is 12.3. The third kappa shape index (κ3) is 4.29. The summed E-state index contributed by atoms with van der Waals surface area (Å²) in [6, 6.07) is 10.7. The molecule has 5 heteroatoms. The molecule has 0 aliphatic carbocycles. The van der Waals surface area contributed by atoms with E-state index >= 15 is 0 Å². The van der Waals surface area contributed by atoms with Crippen molar-refractivity contribution in [2.45, 2.75) is 37.1 Å². The van der Waals surface area contributed by atoms with E-state index in [1.807, 2.05) is 32.0 Å². The van der Waals surface area contributed by atoms with Gasteiger partial charge in [0.25, 0.3) is 5.56 Å². The van der Waals surface area contributed by atoms with Crippen LogP contribution in [0.3, 0.4) is 0 Å². The van der Waals surface area contributed by atoms with Crippen LogP contribution in [0, 0.1) is 0 Å². The molecule has 0 aliphatic rings. The number of ketones is 1. The number of aromatic amines is 1. The molecule has 0 amide bonds. The summed E-state index contributed by atoms with van der Waals surface area (Å²) in [6.45, 7) is 3.86. The van der Waals surface area contributed by atoms with E-state index < -0.39 is 0 Å². The summed E-state index contributed by atoms with van der Waals surface area (Å²) in [5, 5.41) is 0.204. The molecule has 2 aromatic rings. The van der Waals surface area contributed by atoms with Crippen molar-refractivity contribution in [3.8, 4) is 0 Å². The Balaban J connectivity index is 2.14. The number of rotatable bonds is 6. The number of benzene rings is 1. The standard InChI is InChI=1S/C16H18N2O2S/c1-3-7-13-10-14(19)18-16(17-13)21-11(2)15(20)12-8-5-4-6-9-12/h4-6,8-11H,3,7H2,1-2H3,(H,17,18,19)/t11-/m1/s1. The highest BCUT2D eigenvalue weighted by molar-refractivity contribution is 8.00. The van der Waals surface area contributed by atoms with Gasteiger partial charge in [0, 0.05) is 17.3 Å². The van der Waals surface area contributed by atoms with Gasteiger partial charge in [-0.3, -0.25) is 9.59 Å². The van der Waals surface area contributed by atoms with Crippen molar-refractivity contribution in [2.75, 3.05) is 0 Å². The Hall–Kier alpha value is -1.88. The Kier molecular flexibility index (Phi) is 5.33. The minimum Gasteiger partial charge on any atom is -0.301 e. The van der Waals surface area contributed by atoms with E-state index in [1.165, 1.54) is 17.8 Å². The van der Waals surface area contributed by atoms with Gasteiger partial charge in [-0.25, -0.2) is 4.98 Å². The molecule has 0 spiro atoms. The molecule has 1 N–H and O–H groups in total. The second kappa shape index (κ2) is 7.22. The van der Waals surface area contributed by atoms with E-state index in [2.05, 4.69) is 9.97 Å². The van der Waals surface area contributed by atoms with Crippen molar-refractivity contribution < 1.29 is 4.79 Å². The zero-order valence-corrected chi connectivity index (χ0v) is 12.9. The number of H-pyrrole nitrogens is 1. The third-order valence-electron chi connectivity index (χ3n) is 3.00. The number of carbonyl (C=O) groups excluding carboxylic acids is 1. The van der Waals surface area contributed by atoms with Crippen LogP contribution in [0.25, 0.3) is 0 Å². The Bertz CT molecular complexity index is 667. The molecule has 0 radical (unpaired) electrons. The highest BCUT2D eigenvalue weighted by Gasteiger charge is 2.17. The molecule has 0 unspecified atom stereocenters. The van der Waals surface area contributed by atoms with Gasteiger partial charge < -0.3 is 4.98 Å². The lowest BCUT2D eigenvalue weighted by Crippen LogP contribution is -2.16. The van der Waals surface area contributed by atoms with Crippen molar-refractivity contribution >= 4 is 17.5 Å². The number of aryl methyl sites for hydroxylation is 1. The third-order valence-corrected chi connectivity index (χ3v) is 3.98. The molecule has 1 aromatic heterocycles. The summed E-state index contributed by atoms with van der Waals surface area (Å²) in [5.41, 5.74) is 1.27. The Morgan fingerprint density at radius 3 is 2.71 bits per heavy atom. The fourth-order valence-corrected chi connectivity index (χ4v) is 2.89. The van der Waals surface area contributed by atoms with Crippen molar-refractivity contribution in [1.82, 2.24) is 9.97 Å². The minimum atomic E-state index is -0.299. The van der Waals surface area contributed by atoms with Gasteiger partial charge in [-0.2, -0.15) is 0 Å². The summed E-state index contributed by atoms with van der Waals surface area (Å²) in [5.74, 6) is 0.0316. The van der Waals surface area contributed by atoms with Crippen LogP contribution in [0.1, 0.15) is 36.3 Å². The first-order chi connectivity index (χ1) is 10.1. The van der Waals surface area contributed by atoms with Gasteiger partial charge in [-0.1, -0.05) is 55.4 Å². The van der Waals surface area contributed by atoms with Gasteiger partial charge in [0.1, 0.15) is 0 Å². The topological polar surface area (TPSA) is 62.8 Å². The second-order valence-corrected chi connectivity index (χ2v) is 6.11. The lowest BCUT2D eigenvalue weighted by molar-refractivity contribution is 0.0994. The molecular weight excluding hydrogens is 284 g/mol. The van der Waals surface area contributed by atoms with Crippen LogP contribution >= 0.6 is 11.8 Å². The number of nitrogens with zero attached hydrogens (tertiary/aromatic N) is 1. The fraction of sp³-hybridized carbons (Fsp3) is 0.312. The molecule has 0 aliphatic heterocycles. The average Bonchev–Trinajstić information content (AvgIpc) is 2.47. The van der Waals surface area contributed by atoms with Crippen LogP contribution in [0.2, 0.25) is 0 Å². The second-order valence-electron chi connectivity index (χ2n) is 4.78. The Morgan fingerprint density at radius 2 is 2.05 bits per heavy atom. The van der Waals surface area contributed by atoms with Gasteiger partial charge in [0.15, 0.2) is 10.9 Å². The molecule has 0 bridgehead atoms. The van der Waals surface area contributed by atoms with Gasteiger partial charge in [0.05, 0.1) is 5.25 Å². The van der Waals surface area contributed by atoms with Gasteiger partial charge in [-0.05, 0) is 13.3 Å². The van der Waals surface area contributed by atoms with Crippen LogP contribution in [-0.4, -0.2) is 21.0 Å². The maximum absolute atomic E-state index is 12.3. The SMILES string of the molecule is CCCc1cc(=O)[nH]c(S[C@H](C)C(=O)c2ccccc2)n1. The Labute approximate surface area is 128 Å². The number of nitrogens with one attached hydrogen (secondary N) is 1. The van der Waals surface area contributed by atoms with Crippen LogP contribution in [-0.2, 0) is 6.42 Å². The predicted octanol–water partition coefficient (Wildman–Crippen LogP) is 3.09. The quantitative estimate of drug-likeness (QED) is 0.506. The number of hydrogen-bond acceptors (Lipinski definition) is 4. The molecule has 0 saturated heterocycles. The van der Waals surface area contributed by atoms with E-state index in [-0.39, 0.29) is 16.6 Å². The van der Waals surface area contributed by atoms with E-state index in [9.17, 15) is 9.59 Å². The molecular formula is C16H18N2O2S. The molecule has 4 nitrogen and oxygen atoms in total. The number of Topliss-reactive ketones (excluding diaryl/α,β-unsaturated/α-hetero) is 1. The Morgan fingerprint density at radius 1 is 1.33 bits per heavy atom. The van der Waals surface area contributed by atoms with Crippen molar-refractivity contribution in [2.24, 2.45) is 0 Å². The van der Waals surface area contributed by atoms with Crippen LogP contribution in [0.5, 0.6) is 0 Å². The average molecular weight is 302 g/mol. The van der Waals surface area contributed by atoms with Crippen LogP contribution in [0.15, 0.2) is 46.3 Å². The summed E-state index contributed by atoms with van der Waals surface area (Å²) in [7, 11) is 0. The lowest BCUT2D eigenvalue weighted by Gasteiger charge is -2.10. The summed E-state index contributed by atoms with van der Waals surface area (Å²) >= 11 is 1.28. The molecule has 0 fully saturated rings. The first kappa shape index (κ1) is 15.5. The number of hydrogen-bond donors (Lipinski definition) is 1. The molecule has 1 heterocycles. The first-order valence-corrected chi connectivity index (χ1v) is 7.84. The van der Waals surface area contributed by atoms with Gasteiger partial charge in [0.2, 0.25) is 0 Å². The normalized spacial score (nSPS) is 12.1. The van der Waals surface area contributed by atoms with Gasteiger partial charge in [-0.15, -0.1) is 0 Å². The van der Waals surface area contributed by atoms with E-state index in [4.69, 9.17) is 0 Å². The van der Waals surface area contributed by atoms with E-state index in [0.29, 0.717) is 10.7 Å². The summed E-state index contributed by atoms with van der Waals surface area (Å²) in [4.78, 5) is 31.0. The molecule has 1 aromatic carbocycles. The molecule has 2 rings (SSSR count). The highest BCUT2D eigenvalue weighted by Crippen LogP contribution is 2.22. The minimum absolute atomic E-state index is 0.0316. The molecule has 110 valence electrons. The summed E-state index contributed by atoms with van der Waals surface area (Å²) in [6.07, 6.45) is 1.69. The largest absolute Gasteiger partial charge is 0.301 e. The summed E-state index contributed by atoms with van der Waals surface area (Å²) < 4.78 is 0. The van der Waals surface area contributed by atoms with Crippen molar-refractivity contribution in [3.63, 3.8) is 0 Å². The smallest absolute Gasteiger partial charge is 0.251 e. The van der Waals surface area contributed by atoms with E-state index in [0.717, 1.165) is 18.5 Å². The number of carbonyl (C=O) groups is 1. The number of aromatic nitrogens is 2. The predicted molar refractivity (Wildman–Crippen MR) is 84.9 cm³/mol. The number of thioether (sulfide) groups is 1. The highest BCUT2D eigenvalue weighted by atomic mass is 32.2. The zero-order chi connectivity index (χ0) is 15.2. The van der Waals surface area contributed by atoms with Crippen molar-refractivity contribution in [1.29, 1.82) is 0 Å². The zero-order valence-electron chi connectivity index (χ0n) is 12.1. The molecule has 0 saturated carbocycles. The molecule has 1 atom stereocenters. The van der Waals surface area contributed by atoms with E-state index in [1.54, 1.807) is 12.1 Å². The molecule has 21 heavy (non-hydrogen) atoms. The lowest BCUT2D eigenvalue weighted by atomic mass is 10.1. The van der Waals surface area contributed by atoms with Crippen LogP contribution < -0.4 is 5.56 Å². The van der Waals surface area contributed by atoms with Gasteiger partial charge >= 0.3 is 0 Å². The maximum Gasteiger partial charge on any atom is 0.251 e. The monoisotopic (exact) mass is 302 g/mol. The fourth-order valence-electron chi connectivity index (χ4n) is 1.98. The van der Waals surface area contributed by atoms with Crippen LogP contribution in [0.4, 0.5) is 0 Å².